The van der Waals surface area contributed by atoms with Crippen LogP contribution in [0.4, 0.5) is 0 Å². The number of carbonyl (C=O) groups excluding carboxylic acids is 2. The van der Waals surface area contributed by atoms with Gasteiger partial charge in [-0.2, -0.15) is 0 Å². The number of esters is 1. The molecule has 0 aliphatic heterocycles. The fourth-order valence-electron chi connectivity index (χ4n) is 2.98. The summed E-state index contributed by atoms with van der Waals surface area (Å²) in [6.07, 6.45) is 0. The maximum Gasteiger partial charge on any atom is 0.341 e. The lowest BCUT2D eigenvalue weighted by Gasteiger charge is -2.14. The van der Waals surface area contributed by atoms with Crippen molar-refractivity contribution in [3.63, 3.8) is 0 Å². The number of thiazole rings is 1. The first-order chi connectivity index (χ1) is 13.3. The summed E-state index contributed by atoms with van der Waals surface area (Å²) in [7, 11) is 2.99. The lowest BCUT2D eigenvalue weighted by atomic mass is 10.1. The molecule has 0 bridgehead atoms. The van der Waals surface area contributed by atoms with Gasteiger partial charge in [0.1, 0.15) is 27.8 Å². The highest BCUT2D eigenvalue weighted by Gasteiger charge is 2.20. The number of benzene rings is 1. The van der Waals surface area contributed by atoms with Crippen LogP contribution >= 0.6 is 11.3 Å². The number of nitrogens with zero attached hydrogens (tertiary/aromatic N) is 2. The van der Waals surface area contributed by atoms with Gasteiger partial charge in [0.15, 0.2) is 0 Å². The lowest BCUT2D eigenvalue weighted by molar-refractivity contribution is 0.0598. The molecule has 0 unspecified atom stereocenters. The van der Waals surface area contributed by atoms with Gasteiger partial charge in [-0.05, 0) is 32.4 Å². The van der Waals surface area contributed by atoms with Gasteiger partial charge >= 0.3 is 5.97 Å². The molecule has 2 aromatic heterocycles. The van der Waals surface area contributed by atoms with Gasteiger partial charge in [0.05, 0.1) is 13.7 Å². The van der Waals surface area contributed by atoms with E-state index in [-0.39, 0.29) is 12.5 Å². The van der Waals surface area contributed by atoms with E-state index < -0.39 is 5.97 Å². The van der Waals surface area contributed by atoms with Crippen LogP contribution in [0, 0.1) is 20.8 Å². The van der Waals surface area contributed by atoms with Crippen molar-refractivity contribution in [2.24, 2.45) is 0 Å². The molecule has 0 spiro atoms. The minimum atomic E-state index is -0.459. The Bertz CT molecular complexity index is 1030. The summed E-state index contributed by atoms with van der Waals surface area (Å²) in [6.45, 7) is 6.00. The number of rotatable bonds is 5. The number of carbonyl (C=O) groups is 2. The first-order valence-corrected chi connectivity index (χ1v) is 9.64. The van der Waals surface area contributed by atoms with Crippen molar-refractivity contribution in [3.05, 3.63) is 63.6 Å². The molecule has 0 fully saturated rings. The number of ether oxygens (including phenoxy) is 1. The SMILES string of the molecule is COC(=O)c1cc(CN(C)C(=O)c2csc(-c3ccc(C)cc3C)n2)oc1C. The highest BCUT2D eigenvalue weighted by atomic mass is 32.1. The third-order valence-corrected chi connectivity index (χ3v) is 5.33. The van der Waals surface area contributed by atoms with Gasteiger partial charge in [-0.25, -0.2) is 9.78 Å². The van der Waals surface area contributed by atoms with Crippen molar-refractivity contribution in [2.75, 3.05) is 14.2 Å². The van der Waals surface area contributed by atoms with Crippen LogP contribution in [0.5, 0.6) is 0 Å². The van der Waals surface area contributed by atoms with Crippen molar-refractivity contribution in [3.8, 4) is 10.6 Å². The van der Waals surface area contributed by atoms with Crippen LogP contribution in [0.1, 0.15) is 43.5 Å². The largest absolute Gasteiger partial charge is 0.465 e. The molecular weight excluding hydrogens is 376 g/mol. The van der Waals surface area contributed by atoms with Crippen molar-refractivity contribution in [1.82, 2.24) is 9.88 Å². The predicted molar refractivity (Wildman–Crippen MR) is 108 cm³/mol. The average molecular weight is 398 g/mol. The summed E-state index contributed by atoms with van der Waals surface area (Å²) in [6, 6.07) is 7.77. The average Bonchev–Trinajstić information content (AvgIpc) is 3.27. The number of hydrogen-bond donors (Lipinski definition) is 0. The van der Waals surface area contributed by atoms with Crippen LogP contribution in [-0.2, 0) is 11.3 Å². The Morgan fingerprint density at radius 2 is 1.96 bits per heavy atom. The number of furan rings is 1. The molecule has 0 N–H and O–H groups in total. The summed E-state index contributed by atoms with van der Waals surface area (Å²) in [5.41, 5.74) is 4.10. The number of hydrogen-bond acceptors (Lipinski definition) is 6. The first kappa shape index (κ1) is 19.8. The molecule has 2 heterocycles. The predicted octanol–water partition coefficient (Wildman–Crippen LogP) is 4.39. The van der Waals surface area contributed by atoms with Crippen molar-refractivity contribution in [1.29, 1.82) is 0 Å². The molecule has 0 aliphatic rings. The zero-order valence-corrected chi connectivity index (χ0v) is 17.3. The van der Waals surface area contributed by atoms with Crippen LogP contribution in [0.2, 0.25) is 0 Å². The van der Waals surface area contributed by atoms with E-state index in [2.05, 4.69) is 11.1 Å². The lowest BCUT2D eigenvalue weighted by Crippen LogP contribution is -2.26. The van der Waals surface area contributed by atoms with Crippen LogP contribution in [0.25, 0.3) is 10.6 Å². The number of methoxy groups -OCH3 is 1. The Labute approximate surface area is 167 Å². The topological polar surface area (TPSA) is 72.6 Å². The van der Waals surface area contributed by atoms with Gasteiger partial charge in [-0.15, -0.1) is 11.3 Å². The summed E-state index contributed by atoms with van der Waals surface area (Å²) in [5, 5.41) is 2.58. The molecule has 3 aromatic rings. The Hall–Kier alpha value is -2.93. The standard InChI is InChI=1S/C21H22N2O4S/c1-12-6-7-16(13(2)8-12)19-22-18(11-28-19)20(24)23(4)10-15-9-17(14(3)27-15)21(25)26-5/h6-9,11H,10H2,1-5H3. The molecule has 3 rings (SSSR count). The molecule has 28 heavy (non-hydrogen) atoms. The second-order valence-corrected chi connectivity index (χ2v) is 7.55. The van der Waals surface area contributed by atoms with Gasteiger partial charge < -0.3 is 14.1 Å². The summed E-state index contributed by atoms with van der Waals surface area (Å²) < 4.78 is 10.3. The monoisotopic (exact) mass is 398 g/mol. The van der Waals surface area contributed by atoms with E-state index in [1.165, 1.54) is 28.9 Å². The maximum atomic E-state index is 12.8. The Balaban J connectivity index is 1.76. The second kappa shape index (κ2) is 7.98. The van der Waals surface area contributed by atoms with E-state index in [1.807, 2.05) is 26.0 Å². The van der Waals surface area contributed by atoms with E-state index in [9.17, 15) is 9.59 Å². The third kappa shape index (κ3) is 3.99. The summed E-state index contributed by atoms with van der Waals surface area (Å²) >= 11 is 1.44. The van der Waals surface area contributed by atoms with Crippen LogP contribution in [0.15, 0.2) is 34.1 Å². The van der Waals surface area contributed by atoms with Gasteiger partial charge in [0.2, 0.25) is 0 Å². The molecule has 0 saturated heterocycles. The highest BCUT2D eigenvalue weighted by Crippen LogP contribution is 2.28. The summed E-state index contributed by atoms with van der Waals surface area (Å²) in [5.74, 6) is 0.312. The third-order valence-electron chi connectivity index (χ3n) is 4.45. The van der Waals surface area contributed by atoms with Crippen molar-refractivity contribution >= 4 is 23.2 Å². The number of aromatic nitrogens is 1. The van der Waals surface area contributed by atoms with Gasteiger partial charge in [0.25, 0.3) is 5.91 Å². The molecule has 0 atom stereocenters. The van der Waals surface area contributed by atoms with Crippen LogP contribution in [-0.4, -0.2) is 35.9 Å². The minimum absolute atomic E-state index is 0.207. The Kier molecular flexibility index (Phi) is 5.65. The number of aryl methyl sites for hydroxylation is 3. The molecule has 7 heteroatoms. The van der Waals surface area contributed by atoms with Crippen LogP contribution < -0.4 is 0 Å². The van der Waals surface area contributed by atoms with Crippen molar-refractivity contribution < 1.29 is 18.7 Å². The maximum absolute atomic E-state index is 12.8. The van der Waals surface area contributed by atoms with E-state index >= 15 is 0 Å². The Morgan fingerprint density at radius 1 is 1.21 bits per heavy atom. The van der Waals surface area contributed by atoms with Crippen LogP contribution in [0.3, 0.4) is 0 Å². The molecule has 0 aliphatic carbocycles. The Morgan fingerprint density at radius 3 is 2.64 bits per heavy atom. The molecule has 1 amide bonds. The summed E-state index contributed by atoms with van der Waals surface area (Å²) in [4.78, 5) is 30.5. The fourth-order valence-corrected chi connectivity index (χ4v) is 3.87. The molecular formula is C21H22N2O4S. The smallest absolute Gasteiger partial charge is 0.341 e. The zero-order valence-electron chi connectivity index (χ0n) is 16.5. The van der Waals surface area contributed by atoms with E-state index in [1.54, 1.807) is 25.4 Å². The molecule has 1 aromatic carbocycles. The second-order valence-electron chi connectivity index (χ2n) is 6.69. The van der Waals surface area contributed by atoms with Gasteiger partial charge in [-0.3, -0.25) is 4.79 Å². The minimum Gasteiger partial charge on any atom is -0.465 e. The van der Waals surface area contributed by atoms with Gasteiger partial charge in [0, 0.05) is 18.0 Å². The molecule has 146 valence electrons. The zero-order chi connectivity index (χ0) is 20.4. The molecule has 0 radical (unpaired) electrons. The molecule has 0 saturated carbocycles. The van der Waals surface area contributed by atoms with Gasteiger partial charge in [-0.1, -0.05) is 23.8 Å². The quantitative estimate of drug-likeness (QED) is 0.596. The number of amides is 1. The first-order valence-electron chi connectivity index (χ1n) is 8.76. The highest BCUT2D eigenvalue weighted by molar-refractivity contribution is 7.13. The normalized spacial score (nSPS) is 10.8. The van der Waals surface area contributed by atoms with Crippen molar-refractivity contribution in [2.45, 2.75) is 27.3 Å². The molecule has 6 nitrogen and oxygen atoms in total. The van der Waals surface area contributed by atoms with E-state index in [4.69, 9.17) is 9.15 Å². The van der Waals surface area contributed by atoms with E-state index in [0.29, 0.717) is 22.8 Å². The van der Waals surface area contributed by atoms with E-state index in [0.717, 1.165) is 16.1 Å². The fraction of sp³-hybridized carbons (Fsp3) is 0.286.